The molecule has 1 aromatic rings. The molecule has 1 amide bonds. The molecule has 3 heterocycles. The highest BCUT2D eigenvalue weighted by Gasteiger charge is 2.25. The second-order valence-electron chi connectivity index (χ2n) is 6.41. The van der Waals surface area contributed by atoms with Crippen LogP contribution in [0.4, 0.5) is 5.82 Å². The normalized spacial score (nSPS) is 23.5. The molecule has 0 spiro atoms. The fourth-order valence-corrected chi connectivity index (χ4v) is 3.44. The summed E-state index contributed by atoms with van der Waals surface area (Å²) in [5, 5.41) is 3.44. The van der Waals surface area contributed by atoms with Crippen molar-refractivity contribution in [3.8, 4) is 0 Å². The Bertz CT molecular complexity index is 533. The van der Waals surface area contributed by atoms with Crippen molar-refractivity contribution >= 4 is 11.7 Å². The molecule has 0 aliphatic carbocycles. The molecule has 1 atom stereocenters. The Hall–Kier alpha value is -1.69. The van der Waals surface area contributed by atoms with Crippen LogP contribution < -0.4 is 16.0 Å². The van der Waals surface area contributed by atoms with Crippen LogP contribution in [0.15, 0.2) is 6.07 Å². The number of carbonyl (C=O) groups is 1. The zero-order chi connectivity index (χ0) is 15.5. The van der Waals surface area contributed by atoms with E-state index in [0.717, 1.165) is 56.4 Å². The lowest BCUT2D eigenvalue weighted by atomic mass is 9.94. The molecule has 3 rings (SSSR count). The molecule has 0 radical (unpaired) electrons. The molecule has 1 aromatic heterocycles. The van der Waals surface area contributed by atoms with Gasteiger partial charge in [0, 0.05) is 37.5 Å². The first kappa shape index (κ1) is 15.2. The lowest BCUT2D eigenvalue weighted by molar-refractivity contribution is -0.122. The third-order valence-corrected chi connectivity index (χ3v) is 4.78. The van der Waals surface area contributed by atoms with Crippen LogP contribution in [0.3, 0.4) is 0 Å². The lowest BCUT2D eigenvalue weighted by Gasteiger charge is -2.32. The van der Waals surface area contributed by atoms with Gasteiger partial charge in [0.05, 0.1) is 5.69 Å². The van der Waals surface area contributed by atoms with Crippen molar-refractivity contribution in [1.29, 1.82) is 0 Å². The number of aromatic nitrogens is 2. The van der Waals surface area contributed by atoms with Crippen LogP contribution in [0.5, 0.6) is 0 Å². The molecule has 6 nitrogen and oxygen atoms in total. The Morgan fingerprint density at radius 2 is 2.09 bits per heavy atom. The maximum atomic E-state index is 11.3. The molecule has 6 heteroatoms. The smallest absolute Gasteiger partial charge is 0.220 e. The number of nitrogens with two attached hydrogens (primary N) is 1. The second-order valence-corrected chi connectivity index (χ2v) is 6.41. The predicted molar refractivity (Wildman–Crippen MR) is 85.7 cm³/mol. The van der Waals surface area contributed by atoms with Crippen LogP contribution in [0.1, 0.15) is 43.1 Å². The molecule has 2 aliphatic rings. The van der Waals surface area contributed by atoms with Gasteiger partial charge in [-0.25, -0.2) is 9.97 Å². The zero-order valence-corrected chi connectivity index (χ0v) is 13.2. The first-order chi connectivity index (χ1) is 10.6. The predicted octanol–water partition coefficient (Wildman–Crippen LogP) is 0.954. The lowest BCUT2D eigenvalue weighted by Crippen LogP contribution is -2.39. The summed E-state index contributed by atoms with van der Waals surface area (Å²) in [7, 11) is 0. The van der Waals surface area contributed by atoms with Gasteiger partial charge in [-0.15, -0.1) is 0 Å². The van der Waals surface area contributed by atoms with E-state index >= 15 is 0 Å². The van der Waals surface area contributed by atoms with Crippen LogP contribution in [-0.4, -0.2) is 42.1 Å². The molecule has 0 aromatic carbocycles. The molecule has 0 bridgehead atoms. The number of rotatable bonds is 3. The first-order valence-electron chi connectivity index (χ1n) is 8.24. The summed E-state index contributed by atoms with van der Waals surface area (Å²) < 4.78 is 0. The van der Waals surface area contributed by atoms with Gasteiger partial charge in [0.1, 0.15) is 11.6 Å². The van der Waals surface area contributed by atoms with E-state index in [1.54, 1.807) is 0 Å². The van der Waals surface area contributed by atoms with E-state index in [2.05, 4.69) is 26.3 Å². The molecule has 2 saturated heterocycles. The van der Waals surface area contributed by atoms with Crippen molar-refractivity contribution in [2.45, 2.75) is 38.5 Å². The minimum absolute atomic E-state index is 0.0150. The Morgan fingerprint density at radius 1 is 1.32 bits per heavy atom. The van der Waals surface area contributed by atoms with Gasteiger partial charge in [0.15, 0.2) is 0 Å². The summed E-state index contributed by atoms with van der Waals surface area (Å²) in [5.74, 6) is 2.15. The highest BCUT2D eigenvalue weighted by Crippen LogP contribution is 2.27. The number of nitrogens with one attached hydrogen (secondary N) is 1. The van der Waals surface area contributed by atoms with Crippen molar-refractivity contribution in [2.75, 3.05) is 31.1 Å². The third kappa shape index (κ3) is 3.38. The highest BCUT2D eigenvalue weighted by molar-refractivity contribution is 5.76. The number of hydrogen-bond acceptors (Lipinski definition) is 5. The van der Waals surface area contributed by atoms with Crippen molar-refractivity contribution in [3.63, 3.8) is 0 Å². The van der Waals surface area contributed by atoms with E-state index < -0.39 is 0 Å². The number of carbonyl (C=O) groups excluding carboxylic acids is 1. The molecule has 3 N–H and O–H groups in total. The minimum Gasteiger partial charge on any atom is -0.369 e. The third-order valence-electron chi connectivity index (χ3n) is 4.78. The molecule has 0 saturated carbocycles. The van der Waals surface area contributed by atoms with Crippen molar-refractivity contribution in [2.24, 2.45) is 11.7 Å². The summed E-state index contributed by atoms with van der Waals surface area (Å²) in [6, 6.07) is 2.13. The van der Waals surface area contributed by atoms with Gasteiger partial charge in [0.25, 0.3) is 0 Å². The van der Waals surface area contributed by atoms with E-state index in [1.807, 2.05) is 6.92 Å². The van der Waals surface area contributed by atoms with Crippen molar-refractivity contribution < 1.29 is 4.79 Å². The van der Waals surface area contributed by atoms with Gasteiger partial charge >= 0.3 is 0 Å². The fraction of sp³-hybridized carbons (Fsp3) is 0.688. The van der Waals surface area contributed by atoms with Crippen LogP contribution in [0.25, 0.3) is 0 Å². The van der Waals surface area contributed by atoms with Crippen molar-refractivity contribution in [1.82, 2.24) is 15.3 Å². The Kier molecular flexibility index (Phi) is 4.57. The molecule has 120 valence electrons. The average Bonchev–Trinajstić information content (AvgIpc) is 2.55. The Labute approximate surface area is 131 Å². The monoisotopic (exact) mass is 303 g/mol. The number of piperidine rings is 2. The molecule has 0 unspecified atom stereocenters. The van der Waals surface area contributed by atoms with Gasteiger partial charge in [-0.05, 0) is 39.2 Å². The molecule has 2 aliphatic heterocycles. The Morgan fingerprint density at radius 3 is 2.73 bits per heavy atom. The zero-order valence-electron chi connectivity index (χ0n) is 13.2. The van der Waals surface area contributed by atoms with Crippen LogP contribution >= 0.6 is 0 Å². The second kappa shape index (κ2) is 6.60. The van der Waals surface area contributed by atoms with E-state index in [9.17, 15) is 4.79 Å². The largest absolute Gasteiger partial charge is 0.369 e. The topological polar surface area (TPSA) is 84.1 Å². The van der Waals surface area contributed by atoms with Gasteiger partial charge in [0.2, 0.25) is 5.91 Å². The molecular formula is C16H25N5O. The molecular weight excluding hydrogens is 278 g/mol. The van der Waals surface area contributed by atoms with Crippen LogP contribution in [0.2, 0.25) is 0 Å². The summed E-state index contributed by atoms with van der Waals surface area (Å²) in [6.07, 6.45) is 4.02. The number of hydrogen-bond donors (Lipinski definition) is 2. The van der Waals surface area contributed by atoms with E-state index in [4.69, 9.17) is 5.73 Å². The van der Waals surface area contributed by atoms with E-state index in [1.165, 1.54) is 12.8 Å². The van der Waals surface area contributed by atoms with Gasteiger partial charge in [-0.3, -0.25) is 4.79 Å². The number of primary amides is 1. The molecule has 22 heavy (non-hydrogen) atoms. The summed E-state index contributed by atoms with van der Waals surface area (Å²) in [4.78, 5) is 22.8. The molecule has 2 fully saturated rings. The van der Waals surface area contributed by atoms with Crippen molar-refractivity contribution in [3.05, 3.63) is 17.6 Å². The van der Waals surface area contributed by atoms with E-state index in [-0.39, 0.29) is 11.8 Å². The van der Waals surface area contributed by atoms with Gasteiger partial charge in [-0.2, -0.15) is 0 Å². The summed E-state index contributed by atoms with van der Waals surface area (Å²) in [6.45, 7) is 5.74. The maximum absolute atomic E-state index is 11.3. The average molecular weight is 303 g/mol. The van der Waals surface area contributed by atoms with Crippen LogP contribution in [0, 0.1) is 12.8 Å². The number of nitrogens with zero attached hydrogens (tertiary/aromatic N) is 3. The van der Waals surface area contributed by atoms with Gasteiger partial charge < -0.3 is 16.0 Å². The van der Waals surface area contributed by atoms with Gasteiger partial charge in [-0.1, -0.05) is 0 Å². The summed E-state index contributed by atoms with van der Waals surface area (Å²) >= 11 is 0. The minimum atomic E-state index is -0.174. The Balaban J connectivity index is 1.74. The standard InChI is InChI=1S/C16H25N5O/c1-11-19-14(13-3-2-6-18-10-13)9-15(20-11)21-7-4-12(5-8-21)16(17)22/h9,12-13,18H,2-8,10H2,1H3,(H2,17,22)/t13-/m1/s1. The SMILES string of the molecule is Cc1nc([C@@H]2CCCNC2)cc(N2CCC(C(N)=O)CC2)n1. The highest BCUT2D eigenvalue weighted by atomic mass is 16.1. The number of amides is 1. The summed E-state index contributed by atoms with van der Waals surface area (Å²) in [5.41, 5.74) is 6.55. The van der Waals surface area contributed by atoms with Crippen LogP contribution in [-0.2, 0) is 4.79 Å². The number of aryl methyl sites for hydroxylation is 1. The first-order valence-corrected chi connectivity index (χ1v) is 8.24. The number of anilines is 1. The quantitative estimate of drug-likeness (QED) is 0.868. The van der Waals surface area contributed by atoms with E-state index in [0.29, 0.717) is 5.92 Å². The maximum Gasteiger partial charge on any atom is 0.220 e. The fourth-order valence-electron chi connectivity index (χ4n) is 3.44.